The van der Waals surface area contributed by atoms with E-state index in [4.69, 9.17) is 10.5 Å². The molecule has 0 bridgehead atoms. The zero-order valence-electron chi connectivity index (χ0n) is 10.2. The van der Waals surface area contributed by atoms with Crippen LogP contribution in [0.4, 0.5) is 0 Å². The number of methoxy groups -OCH3 is 1. The molecule has 0 aromatic heterocycles. The van der Waals surface area contributed by atoms with Crippen molar-refractivity contribution in [3.63, 3.8) is 0 Å². The average Bonchev–Trinajstić information content (AvgIpc) is 3.13. The number of rotatable bonds is 6. The molecule has 1 fully saturated rings. The van der Waals surface area contributed by atoms with Crippen LogP contribution in [-0.4, -0.2) is 18.9 Å². The summed E-state index contributed by atoms with van der Waals surface area (Å²) < 4.78 is 5.23. The van der Waals surface area contributed by atoms with Crippen LogP contribution in [-0.2, 0) is 11.2 Å². The second-order valence-electron chi connectivity index (χ2n) is 4.73. The summed E-state index contributed by atoms with van der Waals surface area (Å²) in [6.07, 6.45) is 3.28. The number of nitrogens with two attached hydrogens (primary N) is 1. The summed E-state index contributed by atoms with van der Waals surface area (Å²) in [4.78, 5) is 11.9. The van der Waals surface area contributed by atoms with E-state index >= 15 is 0 Å². The molecule has 1 aromatic carbocycles. The Kier molecular flexibility index (Phi) is 3.79. The maximum absolute atomic E-state index is 11.9. The first kappa shape index (κ1) is 12.1. The van der Waals surface area contributed by atoms with Crippen molar-refractivity contribution in [3.8, 4) is 5.75 Å². The fourth-order valence-electron chi connectivity index (χ4n) is 2.09. The van der Waals surface area contributed by atoms with Gasteiger partial charge < -0.3 is 10.5 Å². The molecule has 0 heterocycles. The van der Waals surface area contributed by atoms with Crippen molar-refractivity contribution in [3.05, 3.63) is 29.8 Å². The van der Waals surface area contributed by atoms with E-state index < -0.39 is 0 Å². The number of ketones is 1. The van der Waals surface area contributed by atoms with Gasteiger partial charge in [0.25, 0.3) is 0 Å². The molecule has 1 aliphatic rings. The van der Waals surface area contributed by atoms with Crippen LogP contribution in [0.25, 0.3) is 0 Å². The van der Waals surface area contributed by atoms with E-state index in [0.29, 0.717) is 18.8 Å². The number of benzene rings is 1. The molecule has 1 atom stereocenters. The monoisotopic (exact) mass is 233 g/mol. The molecule has 1 unspecified atom stereocenters. The molecule has 1 aromatic rings. The zero-order chi connectivity index (χ0) is 12.3. The van der Waals surface area contributed by atoms with Crippen LogP contribution >= 0.6 is 0 Å². The summed E-state index contributed by atoms with van der Waals surface area (Å²) >= 11 is 0. The Morgan fingerprint density at radius 1 is 1.47 bits per heavy atom. The molecule has 0 spiro atoms. The van der Waals surface area contributed by atoms with Crippen LogP contribution in [0.5, 0.6) is 5.75 Å². The number of carbonyl (C=O) groups excluding carboxylic acids is 1. The standard InChI is InChI=1S/C14H19NO2/c1-17-14-5-3-2-4-11(14)8-12(16)9-13(15)10-6-7-10/h2-5,10,13H,6-9,15H2,1H3. The van der Waals surface area contributed by atoms with Crippen molar-refractivity contribution < 1.29 is 9.53 Å². The van der Waals surface area contributed by atoms with Gasteiger partial charge in [-0.1, -0.05) is 18.2 Å². The van der Waals surface area contributed by atoms with Gasteiger partial charge in [0.1, 0.15) is 11.5 Å². The van der Waals surface area contributed by atoms with Crippen LogP contribution in [0.15, 0.2) is 24.3 Å². The van der Waals surface area contributed by atoms with Gasteiger partial charge in [-0.25, -0.2) is 0 Å². The van der Waals surface area contributed by atoms with E-state index in [9.17, 15) is 4.79 Å². The highest BCUT2D eigenvalue weighted by molar-refractivity contribution is 5.82. The first-order chi connectivity index (χ1) is 8.20. The molecule has 3 nitrogen and oxygen atoms in total. The molecule has 0 radical (unpaired) electrons. The number of ether oxygens (including phenoxy) is 1. The molecule has 0 saturated heterocycles. The lowest BCUT2D eigenvalue weighted by Gasteiger charge is -2.10. The number of hydrogen-bond acceptors (Lipinski definition) is 3. The molecule has 2 N–H and O–H groups in total. The van der Waals surface area contributed by atoms with Gasteiger partial charge in [0, 0.05) is 24.4 Å². The highest BCUT2D eigenvalue weighted by Gasteiger charge is 2.29. The molecular weight excluding hydrogens is 214 g/mol. The Balaban J connectivity index is 1.92. The fraction of sp³-hybridized carbons (Fsp3) is 0.500. The lowest BCUT2D eigenvalue weighted by atomic mass is 10.0. The summed E-state index contributed by atoms with van der Waals surface area (Å²) in [7, 11) is 1.62. The Morgan fingerprint density at radius 3 is 2.82 bits per heavy atom. The topological polar surface area (TPSA) is 52.3 Å². The first-order valence-electron chi connectivity index (χ1n) is 6.10. The number of carbonyl (C=O) groups is 1. The second kappa shape index (κ2) is 5.32. The molecule has 1 saturated carbocycles. The molecule has 2 rings (SSSR count). The molecule has 0 aliphatic heterocycles. The predicted octanol–water partition coefficient (Wildman–Crippen LogP) is 1.93. The van der Waals surface area contributed by atoms with E-state index in [0.717, 1.165) is 11.3 Å². The van der Waals surface area contributed by atoms with Gasteiger partial charge in [-0.15, -0.1) is 0 Å². The van der Waals surface area contributed by atoms with Gasteiger partial charge >= 0.3 is 0 Å². The van der Waals surface area contributed by atoms with Gasteiger partial charge in [0.05, 0.1) is 7.11 Å². The highest BCUT2D eigenvalue weighted by atomic mass is 16.5. The zero-order valence-corrected chi connectivity index (χ0v) is 10.2. The van der Waals surface area contributed by atoms with Crippen LogP contribution in [0.3, 0.4) is 0 Å². The van der Waals surface area contributed by atoms with E-state index in [1.165, 1.54) is 12.8 Å². The summed E-state index contributed by atoms with van der Waals surface area (Å²) in [6, 6.07) is 7.69. The Bertz CT molecular complexity index is 399. The van der Waals surface area contributed by atoms with Gasteiger partial charge in [-0.05, 0) is 24.8 Å². The Hall–Kier alpha value is -1.35. The molecule has 0 amide bonds. The quantitative estimate of drug-likeness (QED) is 0.817. The minimum absolute atomic E-state index is 0.0530. The van der Waals surface area contributed by atoms with E-state index in [-0.39, 0.29) is 11.8 Å². The van der Waals surface area contributed by atoms with Crippen molar-refractivity contribution >= 4 is 5.78 Å². The van der Waals surface area contributed by atoms with Gasteiger partial charge in [0.15, 0.2) is 0 Å². The number of para-hydroxylation sites is 1. The van der Waals surface area contributed by atoms with Crippen molar-refractivity contribution in [1.82, 2.24) is 0 Å². The third kappa shape index (κ3) is 3.30. The maximum atomic E-state index is 11.9. The van der Waals surface area contributed by atoms with E-state index in [1.54, 1.807) is 7.11 Å². The lowest BCUT2D eigenvalue weighted by Crippen LogP contribution is -2.26. The van der Waals surface area contributed by atoms with Crippen LogP contribution < -0.4 is 10.5 Å². The normalized spacial score (nSPS) is 16.6. The fourth-order valence-corrected chi connectivity index (χ4v) is 2.09. The summed E-state index contributed by atoms with van der Waals surface area (Å²) in [5.41, 5.74) is 6.90. The third-order valence-corrected chi connectivity index (χ3v) is 3.27. The Labute approximate surface area is 102 Å². The molecule has 3 heteroatoms. The molecule has 92 valence electrons. The van der Waals surface area contributed by atoms with Crippen molar-refractivity contribution in [2.45, 2.75) is 31.7 Å². The minimum Gasteiger partial charge on any atom is -0.496 e. The smallest absolute Gasteiger partial charge is 0.138 e. The van der Waals surface area contributed by atoms with Crippen molar-refractivity contribution in [2.24, 2.45) is 11.7 Å². The summed E-state index contributed by atoms with van der Waals surface area (Å²) in [5, 5.41) is 0. The molecule has 17 heavy (non-hydrogen) atoms. The molecule has 1 aliphatic carbocycles. The van der Waals surface area contributed by atoms with Gasteiger partial charge in [0.2, 0.25) is 0 Å². The summed E-state index contributed by atoms with van der Waals surface area (Å²) in [5.74, 6) is 1.56. The van der Waals surface area contributed by atoms with Crippen molar-refractivity contribution in [2.75, 3.05) is 7.11 Å². The van der Waals surface area contributed by atoms with Gasteiger partial charge in [-0.3, -0.25) is 4.79 Å². The highest BCUT2D eigenvalue weighted by Crippen LogP contribution is 2.33. The van der Waals surface area contributed by atoms with Gasteiger partial charge in [-0.2, -0.15) is 0 Å². The Morgan fingerprint density at radius 2 is 2.18 bits per heavy atom. The number of hydrogen-bond donors (Lipinski definition) is 1. The van der Waals surface area contributed by atoms with Crippen LogP contribution in [0.1, 0.15) is 24.8 Å². The SMILES string of the molecule is COc1ccccc1CC(=O)CC(N)C1CC1. The van der Waals surface area contributed by atoms with Crippen molar-refractivity contribution in [1.29, 1.82) is 0 Å². The largest absolute Gasteiger partial charge is 0.496 e. The van der Waals surface area contributed by atoms with E-state index in [2.05, 4.69) is 0 Å². The van der Waals surface area contributed by atoms with Crippen LogP contribution in [0.2, 0.25) is 0 Å². The second-order valence-corrected chi connectivity index (χ2v) is 4.73. The molecular formula is C14H19NO2. The average molecular weight is 233 g/mol. The lowest BCUT2D eigenvalue weighted by molar-refractivity contribution is -0.118. The minimum atomic E-state index is 0.0530. The first-order valence-corrected chi connectivity index (χ1v) is 6.10. The third-order valence-electron chi connectivity index (χ3n) is 3.27. The van der Waals surface area contributed by atoms with Crippen LogP contribution in [0, 0.1) is 5.92 Å². The number of Topliss-reactive ketones (excluding diaryl/α,β-unsaturated/α-hetero) is 1. The maximum Gasteiger partial charge on any atom is 0.138 e. The predicted molar refractivity (Wildman–Crippen MR) is 67.0 cm³/mol. The summed E-state index contributed by atoms with van der Waals surface area (Å²) in [6.45, 7) is 0. The van der Waals surface area contributed by atoms with E-state index in [1.807, 2.05) is 24.3 Å².